The summed E-state index contributed by atoms with van der Waals surface area (Å²) in [5, 5.41) is 8.89. The topological polar surface area (TPSA) is 73.5 Å². The molecule has 1 saturated heterocycles. The number of carbonyl (C=O) groups excluding carboxylic acids is 2. The summed E-state index contributed by atoms with van der Waals surface area (Å²) in [6.07, 6.45) is 3.59. The first-order chi connectivity index (χ1) is 12.0. The van der Waals surface area contributed by atoms with Crippen LogP contribution in [0.4, 0.5) is 11.4 Å². The molecule has 1 fully saturated rings. The second kappa shape index (κ2) is 9.53. The highest BCUT2D eigenvalue weighted by atomic mass is 16.2. The number of nitrogens with zero attached hydrogens (tertiary/aromatic N) is 1. The van der Waals surface area contributed by atoms with Gasteiger partial charge in [0.15, 0.2) is 0 Å². The molecule has 1 aliphatic rings. The van der Waals surface area contributed by atoms with Crippen molar-refractivity contribution in [2.75, 3.05) is 43.9 Å². The van der Waals surface area contributed by atoms with Crippen LogP contribution in [0.5, 0.6) is 0 Å². The van der Waals surface area contributed by atoms with E-state index in [4.69, 9.17) is 0 Å². The number of anilines is 2. The van der Waals surface area contributed by atoms with Gasteiger partial charge < -0.3 is 16.0 Å². The number of aryl methyl sites for hydroxylation is 1. The molecule has 1 aromatic carbocycles. The molecule has 1 heterocycles. The SMILES string of the molecule is CNCC(C)C(=O)Nc1ccc(C)c(NC(=O)CN2CCCCC2)c1. The van der Waals surface area contributed by atoms with Crippen LogP contribution >= 0.6 is 0 Å². The number of nitrogens with one attached hydrogen (secondary N) is 3. The van der Waals surface area contributed by atoms with E-state index in [-0.39, 0.29) is 17.7 Å². The van der Waals surface area contributed by atoms with Crippen molar-refractivity contribution >= 4 is 23.2 Å². The molecule has 0 saturated carbocycles. The molecule has 1 aromatic rings. The lowest BCUT2D eigenvalue weighted by Crippen LogP contribution is -2.36. The third-order valence-corrected chi connectivity index (χ3v) is 4.55. The summed E-state index contributed by atoms with van der Waals surface area (Å²) in [5.74, 6) is -0.163. The van der Waals surface area contributed by atoms with Gasteiger partial charge in [-0.25, -0.2) is 0 Å². The van der Waals surface area contributed by atoms with Gasteiger partial charge >= 0.3 is 0 Å². The molecule has 138 valence electrons. The Morgan fingerprint density at radius 2 is 1.88 bits per heavy atom. The van der Waals surface area contributed by atoms with Gasteiger partial charge in [-0.1, -0.05) is 19.4 Å². The molecular weight excluding hydrogens is 316 g/mol. The summed E-state index contributed by atoms with van der Waals surface area (Å²) in [7, 11) is 1.83. The predicted octanol–water partition coefficient (Wildman–Crippen LogP) is 2.21. The molecular formula is C19H30N4O2. The summed E-state index contributed by atoms with van der Waals surface area (Å²) >= 11 is 0. The second-order valence-corrected chi connectivity index (χ2v) is 6.86. The van der Waals surface area contributed by atoms with Crippen molar-refractivity contribution in [2.24, 2.45) is 5.92 Å². The second-order valence-electron chi connectivity index (χ2n) is 6.86. The molecule has 2 amide bonds. The number of amides is 2. The van der Waals surface area contributed by atoms with Gasteiger partial charge in [0.25, 0.3) is 0 Å². The van der Waals surface area contributed by atoms with E-state index in [0.717, 1.165) is 24.3 Å². The highest BCUT2D eigenvalue weighted by Crippen LogP contribution is 2.21. The summed E-state index contributed by atoms with van der Waals surface area (Å²) in [6, 6.07) is 5.60. The van der Waals surface area contributed by atoms with Crippen molar-refractivity contribution in [1.29, 1.82) is 0 Å². The lowest BCUT2D eigenvalue weighted by atomic mass is 10.1. The lowest BCUT2D eigenvalue weighted by molar-refractivity contribution is -0.119. The molecule has 2 rings (SSSR count). The number of piperidine rings is 1. The van der Waals surface area contributed by atoms with Crippen molar-refractivity contribution in [3.8, 4) is 0 Å². The summed E-state index contributed by atoms with van der Waals surface area (Å²) in [6.45, 7) is 6.86. The van der Waals surface area contributed by atoms with Crippen LogP contribution in [-0.2, 0) is 9.59 Å². The van der Waals surface area contributed by atoms with E-state index < -0.39 is 0 Å². The van der Waals surface area contributed by atoms with E-state index in [1.54, 1.807) is 0 Å². The maximum Gasteiger partial charge on any atom is 0.238 e. The highest BCUT2D eigenvalue weighted by molar-refractivity contribution is 5.96. The Morgan fingerprint density at radius 1 is 1.16 bits per heavy atom. The van der Waals surface area contributed by atoms with Gasteiger partial charge in [-0.3, -0.25) is 14.5 Å². The molecule has 25 heavy (non-hydrogen) atoms. The normalized spacial score (nSPS) is 16.3. The number of hydrogen-bond donors (Lipinski definition) is 3. The minimum Gasteiger partial charge on any atom is -0.326 e. The van der Waals surface area contributed by atoms with Crippen LogP contribution in [-0.4, -0.2) is 49.9 Å². The van der Waals surface area contributed by atoms with E-state index in [1.165, 1.54) is 19.3 Å². The average molecular weight is 346 g/mol. The first kappa shape index (κ1) is 19.4. The first-order valence-corrected chi connectivity index (χ1v) is 9.08. The van der Waals surface area contributed by atoms with Crippen LogP contribution in [0.1, 0.15) is 31.7 Å². The van der Waals surface area contributed by atoms with E-state index in [2.05, 4.69) is 20.9 Å². The van der Waals surface area contributed by atoms with Crippen molar-refractivity contribution in [3.05, 3.63) is 23.8 Å². The number of likely N-dealkylation sites (tertiary alicyclic amines) is 1. The maximum atomic E-state index is 12.3. The molecule has 0 aliphatic carbocycles. The summed E-state index contributed by atoms with van der Waals surface area (Å²) < 4.78 is 0. The van der Waals surface area contributed by atoms with Gasteiger partial charge in [0.2, 0.25) is 11.8 Å². The molecule has 0 radical (unpaired) electrons. The van der Waals surface area contributed by atoms with Crippen LogP contribution in [0.2, 0.25) is 0 Å². The Hall–Kier alpha value is -1.92. The van der Waals surface area contributed by atoms with E-state index in [0.29, 0.717) is 18.8 Å². The molecule has 0 aromatic heterocycles. The first-order valence-electron chi connectivity index (χ1n) is 9.08. The average Bonchev–Trinajstić information content (AvgIpc) is 2.59. The van der Waals surface area contributed by atoms with Gasteiger partial charge in [-0.2, -0.15) is 0 Å². The van der Waals surface area contributed by atoms with Crippen LogP contribution < -0.4 is 16.0 Å². The van der Waals surface area contributed by atoms with Gasteiger partial charge in [-0.15, -0.1) is 0 Å². The third-order valence-electron chi connectivity index (χ3n) is 4.55. The van der Waals surface area contributed by atoms with Crippen LogP contribution in [0.25, 0.3) is 0 Å². The van der Waals surface area contributed by atoms with E-state index >= 15 is 0 Å². The lowest BCUT2D eigenvalue weighted by Gasteiger charge is -2.25. The third kappa shape index (κ3) is 6.14. The number of rotatable bonds is 7. The van der Waals surface area contributed by atoms with Crippen molar-refractivity contribution in [3.63, 3.8) is 0 Å². The fourth-order valence-electron chi connectivity index (χ4n) is 3.01. The smallest absolute Gasteiger partial charge is 0.238 e. The number of carbonyl (C=O) groups is 2. The molecule has 6 nitrogen and oxygen atoms in total. The minimum absolute atomic E-state index is 0.00275. The van der Waals surface area contributed by atoms with Crippen molar-refractivity contribution in [2.45, 2.75) is 33.1 Å². The fraction of sp³-hybridized carbons (Fsp3) is 0.579. The zero-order valence-corrected chi connectivity index (χ0v) is 15.5. The zero-order chi connectivity index (χ0) is 18.2. The largest absolute Gasteiger partial charge is 0.326 e. The Bertz CT molecular complexity index is 597. The Labute approximate surface area is 150 Å². The maximum absolute atomic E-state index is 12.3. The Balaban J connectivity index is 1.95. The molecule has 1 atom stereocenters. The number of benzene rings is 1. The molecule has 6 heteroatoms. The highest BCUT2D eigenvalue weighted by Gasteiger charge is 2.16. The van der Waals surface area contributed by atoms with Gasteiger partial charge in [0.1, 0.15) is 0 Å². The van der Waals surface area contributed by atoms with Gasteiger partial charge in [0, 0.05) is 23.8 Å². The summed E-state index contributed by atoms with van der Waals surface area (Å²) in [4.78, 5) is 26.6. The van der Waals surface area contributed by atoms with Crippen LogP contribution in [0.3, 0.4) is 0 Å². The van der Waals surface area contributed by atoms with Crippen LogP contribution in [0, 0.1) is 12.8 Å². The fourth-order valence-corrected chi connectivity index (χ4v) is 3.01. The van der Waals surface area contributed by atoms with Crippen LogP contribution in [0.15, 0.2) is 18.2 Å². The van der Waals surface area contributed by atoms with Gasteiger partial charge in [-0.05, 0) is 57.6 Å². The summed E-state index contributed by atoms with van der Waals surface area (Å²) in [5.41, 5.74) is 2.43. The number of hydrogen-bond acceptors (Lipinski definition) is 4. The molecule has 1 aliphatic heterocycles. The molecule has 0 bridgehead atoms. The van der Waals surface area contributed by atoms with E-state index in [9.17, 15) is 9.59 Å². The quantitative estimate of drug-likeness (QED) is 0.708. The van der Waals surface area contributed by atoms with Crippen molar-refractivity contribution in [1.82, 2.24) is 10.2 Å². The minimum atomic E-state index is -0.122. The Kier molecular flexibility index (Phi) is 7.40. The molecule has 3 N–H and O–H groups in total. The van der Waals surface area contributed by atoms with E-state index in [1.807, 2.05) is 39.1 Å². The predicted molar refractivity (Wildman–Crippen MR) is 102 cm³/mol. The standard InChI is InChI=1S/C19H30N4O2/c1-14-7-8-16(21-19(25)15(2)12-20-3)11-17(14)22-18(24)13-23-9-5-4-6-10-23/h7-8,11,15,20H,4-6,9-10,12-13H2,1-3H3,(H,21,25)(H,22,24). The Morgan fingerprint density at radius 3 is 2.56 bits per heavy atom. The van der Waals surface area contributed by atoms with Crippen molar-refractivity contribution < 1.29 is 9.59 Å². The molecule has 1 unspecified atom stereocenters. The monoisotopic (exact) mass is 346 g/mol. The molecule has 0 spiro atoms. The zero-order valence-electron chi connectivity index (χ0n) is 15.5. The van der Waals surface area contributed by atoms with Gasteiger partial charge in [0.05, 0.1) is 6.54 Å².